The molecule has 1 heterocycles. The summed E-state index contributed by atoms with van der Waals surface area (Å²) in [7, 11) is 0. The van der Waals surface area contributed by atoms with Crippen molar-refractivity contribution < 1.29 is 9.90 Å². The van der Waals surface area contributed by atoms with Gasteiger partial charge in [0, 0.05) is 23.5 Å². The smallest absolute Gasteiger partial charge is 0.308 e. The Labute approximate surface area is 103 Å². The van der Waals surface area contributed by atoms with E-state index in [0.717, 1.165) is 22.1 Å². The van der Waals surface area contributed by atoms with Gasteiger partial charge in [-0.15, -0.1) is 0 Å². The molecule has 0 spiro atoms. The van der Waals surface area contributed by atoms with Crippen LogP contribution >= 0.6 is 15.9 Å². The third kappa shape index (κ3) is 1.99. The molecule has 1 saturated heterocycles. The Hall–Kier alpha value is -0.870. The van der Waals surface area contributed by atoms with Crippen molar-refractivity contribution in [3.05, 3.63) is 33.8 Å². The molecule has 1 aromatic rings. The highest BCUT2D eigenvalue weighted by Crippen LogP contribution is 2.33. The van der Waals surface area contributed by atoms with E-state index in [1.807, 2.05) is 25.1 Å². The zero-order chi connectivity index (χ0) is 11.7. The Bertz CT molecular complexity index is 419. The predicted molar refractivity (Wildman–Crippen MR) is 65.6 cm³/mol. The molecule has 0 aromatic heterocycles. The second-order valence-corrected chi connectivity index (χ2v) is 5.02. The molecule has 86 valence electrons. The molecular formula is C12H14BrNO2. The van der Waals surface area contributed by atoms with Gasteiger partial charge in [-0.25, -0.2) is 0 Å². The van der Waals surface area contributed by atoms with Crippen LogP contribution < -0.4 is 5.32 Å². The van der Waals surface area contributed by atoms with Crippen LogP contribution in [0.5, 0.6) is 0 Å². The van der Waals surface area contributed by atoms with Crippen molar-refractivity contribution in [2.24, 2.45) is 5.92 Å². The molecule has 0 saturated carbocycles. The van der Waals surface area contributed by atoms with Crippen molar-refractivity contribution >= 4 is 21.9 Å². The van der Waals surface area contributed by atoms with Gasteiger partial charge in [-0.05, 0) is 24.1 Å². The molecule has 0 bridgehead atoms. The van der Waals surface area contributed by atoms with Crippen molar-refractivity contribution in [3.63, 3.8) is 0 Å². The van der Waals surface area contributed by atoms with Crippen molar-refractivity contribution in [1.29, 1.82) is 0 Å². The largest absolute Gasteiger partial charge is 0.481 e. The summed E-state index contributed by atoms with van der Waals surface area (Å²) < 4.78 is 1.04. The molecule has 2 unspecified atom stereocenters. The van der Waals surface area contributed by atoms with Crippen LogP contribution in [-0.2, 0) is 4.79 Å². The molecule has 0 aliphatic carbocycles. The fourth-order valence-electron chi connectivity index (χ4n) is 2.29. The molecular weight excluding hydrogens is 270 g/mol. The van der Waals surface area contributed by atoms with Crippen molar-refractivity contribution in [2.75, 3.05) is 13.1 Å². The fraction of sp³-hybridized carbons (Fsp3) is 0.417. The van der Waals surface area contributed by atoms with Crippen LogP contribution in [0, 0.1) is 12.8 Å². The second-order valence-electron chi connectivity index (χ2n) is 4.16. The number of carbonyl (C=O) groups is 1. The number of halogens is 1. The minimum atomic E-state index is -0.714. The van der Waals surface area contributed by atoms with Gasteiger partial charge in [0.25, 0.3) is 0 Å². The third-order valence-electron chi connectivity index (χ3n) is 3.24. The fourth-order valence-corrected chi connectivity index (χ4v) is 2.67. The molecule has 16 heavy (non-hydrogen) atoms. The first-order chi connectivity index (χ1) is 7.61. The number of benzene rings is 1. The Balaban J connectivity index is 2.36. The van der Waals surface area contributed by atoms with Crippen LogP contribution in [0.3, 0.4) is 0 Å². The van der Waals surface area contributed by atoms with Gasteiger partial charge in [-0.2, -0.15) is 0 Å². The first kappa shape index (κ1) is 11.6. The van der Waals surface area contributed by atoms with E-state index in [-0.39, 0.29) is 11.8 Å². The Morgan fingerprint density at radius 3 is 2.94 bits per heavy atom. The number of aliphatic carboxylic acids is 1. The number of nitrogens with one attached hydrogen (secondary N) is 1. The molecule has 3 nitrogen and oxygen atoms in total. The van der Waals surface area contributed by atoms with Crippen LogP contribution in [0.4, 0.5) is 0 Å². The van der Waals surface area contributed by atoms with Gasteiger partial charge in [-0.1, -0.05) is 28.1 Å². The van der Waals surface area contributed by atoms with E-state index < -0.39 is 5.97 Å². The molecule has 1 aliphatic rings. The standard InChI is InChI=1S/C12H14BrNO2/c1-7-8(3-2-4-11(7)13)9-5-14-6-10(9)12(15)16/h2-4,9-10,14H,5-6H2,1H3,(H,15,16). The Morgan fingerprint density at radius 2 is 2.25 bits per heavy atom. The maximum absolute atomic E-state index is 11.1. The normalized spacial score (nSPS) is 24.6. The van der Waals surface area contributed by atoms with Gasteiger partial charge in [-0.3, -0.25) is 4.79 Å². The van der Waals surface area contributed by atoms with Crippen LogP contribution in [0.2, 0.25) is 0 Å². The van der Waals surface area contributed by atoms with Gasteiger partial charge in [0.1, 0.15) is 0 Å². The van der Waals surface area contributed by atoms with Crippen LogP contribution in [0.15, 0.2) is 22.7 Å². The average Bonchev–Trinajstić information content (AvgIpc) is 2.70. The summed E-state index contributed by atoms with van der Waals surface area (Å²) in [5.74, 6) is -0.947. The summed E-state index contributed by atoms with van der Waals surface area (Å²) in [4.78, 5) is 11.1. The summed E-state index contributed by atoms with van der Waals surface area (Å²) in [6, 6.07) is 5.97. The summed E-state index contributed by atoms with van der Waals surface area (Å²) >= 11 is 3.48. The highest BCUT2D eigenvalue weighted by molar-refractivity contribution is 9.10. The van der Waals surface area contributed by atoms with Crippen LogP contribution in [-0.4, -0.2) is 24.2 Å². The molecule has 0 amide bonds. The van der Waals surface area contributed by atoms with Crippen LogP contribution in [0.1, 0.15) is 17.0 Å². The van der Waals surface area contributed by atoms with Crippen molar-refractivity contribution in [2.45, 2.75) is 12.8 Å². The number of carboxylic acid groups (broad SMARTS) is 1. The molecule has 0 radical (unpaired) electrons. The molecule has 2 rings (SSSR count). The lowest BCUT2D eigenvalue weighted by Gasteiger charge is -2.18. The van der Waals surface area contributed by atoms with Gasteiger partial charge in [0.2, 0.25) is 0 Å². The van der Waals surface area contributed by atoms with Crippen molar-refractivity contribution in [3.8, 4) is 0 Å². The Morgan fingerprint density at radius 1 is 1.50 bits per heavy atom. The monoisotopic (exact) mass is 283 g/mol. The van der Waals surface area contributed by atoms with E-state index in [1.165, 1.54) is 0 Å². The third-order valence-corrected chi connectivity index (χ3v) is 4.10. The second kappa shape index (κ2) is 4.55. The summed E-state index contributed by atoms with van der Waals surface area (Å²) in [5, 5.41) is 12.3. The zero-order valence-electron chi connectivity index (χ0n) is 9.03. The lowest BCUT2D eigenvalue weighted by atomic mass is 9.86. The SMILES string of the molecule is Cc1c(Br)cccc1C1CNCC1C(=O)O. The van der Waals surface area contributed by atoms with E-state index in [9.17, 15) is 4.79 Å². The van der Waals surface area contributed by atoms with E-state index in [2.05, 4.69) is 21.2 Å². The van der Waals surface area contributed by atoms with E-state index >= 15 is 0 Å². The van der Waals surface area contributed by atoms with E-state index in [1.54, 1.807) is 0 Å². The summed E-state index contributed by atoms with van der Waals surface area (Å²) in [6.45, 7) is 3.33. The molecule has 4 heteroatoms. The highest BCUT2D eigenvalue weighted by Gasteiger charge is 2.34. The minimum absolute atomic E-state index is 0.0787. The maximum Gasteiger partial charge on any atom is 0.308 e. The summed E-state index contributed by atoms with van der Waals surface area (Å²) in [6.07, 6.45) is 0. The summed E-state index contributed by atoms with van der Waals surface area (Å²) in [5.41, 5.74) is 2.27. The molecule has 1 fully saturated rings. The quantitative estimate of drug-likeness (QED) is 0.874. The number of hydrogen-bond donors (Lipinski definition) is 2. The topological polar surface area (TPSA) is 49.3 Å². The predicted octanol–water partition coefficient (Wildman–Crippen LogP) is 2.15. The zero-order valence-corrected chi connectivity index (χ0v) is 10.6. The number of hydrogen-bond acceptors (Lipinski definition) is 2. The molecule has 1 aliphatic heterocycles. The lowest BCUT2D eigenvalue weighted by molar-refractivity contribution is -0.141. The average molecular weight is 284 g/mol. The van der Waals surface area contributed by atoms with Crippen molar-refractivity contribution in [1.82, 2.24) is 5.32 Å². The number of carboxylic acids is 1. The number of rotatable bonds is 2. The lowest BCUT2D eigenvalue weighted by Crippen LogP contribution is -2.21. The molecule has 2 atom stereocenters. The minimum Gasteiger partial charge on any atom is -0.481 e. The maximum atomic E-state index is 11.1. The van der Waals surface area contributed by atoms with Gasteiger partial charge in [0.15, 0.2) is 0 Å². The van der Waals surface area contributed by atoms with E-state index in [4.69, 9.17) is 5.11 Å². The van der Waals surface area contributed by atoms with Gasteiger partial charge < -0.3 is 10.4 Å². The van der Waals surface area contributed by atoms with Crippen LogP contribution in [0.25, 0.3) is 0 Å². The first-order valence-corrected chi connectivity index (χ1v) is 6.09. The molecule has 2 N–H and O–H groups in total. The first-order valence-electron chi connectivity index (χ1n) is 5.30. The van der Waals surface area contributed by atoms with Gasteiger partial charge in [0.05, 0.1) is 5.92 Å². The highest BCUT2D eigenvalue weighted by atomic mass is 79.9. The molecule has 1 aromatic carbocycles. The Kier molecular flexibility index (Phi) is 3.30. The van der Waals surface area contributed by atoms with E-state index in [0.29, 0.717) is 6.54 Å². The van der Waals surface area contributed by atoms with Gasteiger partial charge >= 0.3 is 5.97 Å².